The smallest absolute Gasteiger partial charge is 0.330 e. The maximum atomic E-state index is 11.6. The van der Waals surface area contributed by atoms with Crippen LogP contribution in [-0.4, -0.2) is 36.7 Å². The zero-order chi connectivity index (χ0) is 15.1. The number of carbonyl (C=O) groups is 2. The van der Waals surface area contributed by atoms with E-state index in [1.807, 2.05) is 0 Å². The molecule has 1 atom stereocenters. The van der Waals surface area contributed by atoms with E-state index in [0.717, 1.165) is 0 Å². The molecular formula is C13H13Cl2NO4. The predicted octanol–water partition coefficient (Wildman–Crippen LogP) is 1.66. The van der Waals surface area contributed by atoms with Crippen LogP contribution in [0.5, 0.6) is 0 Å². The summed E-state index contributed by atoms with van der Waals surface area (Å²) in [5.74, 6) is -1.29. The number of halogens is 2. The van der Waals surface area contributed by atoms with Crippen LogP contribution in [0.25, 0.3) is 6.08 Å². The maximum Gasteiger partial charge on any atom is 0.330 e. The molecule has 0 heterocycles. The van der Waals surface area contributed by atoms with Crippen LogP contribution in [0.15, 0.2) is 24.3 Å². The van der Waals surface area contributed by atoms with Gasteiger partial charge in [-0.2, -0.15) is 0 Å². The van der Waals surface area contributed by atoms with Gasteiger partial charge < -0.3 is 15.2 Å². The second-order valence-electron chi connectivity index (χ2n) is 3.74. The Kier molecular flexibility index (Phi) is 6.51. The lowest BCUT2D eigenvalue weighted by Gasteiger charge is -2.12. The third-order valence-electron chi connectivity index (χ3n) is 2.38. The number of methoxy groups -OCH3 is 1. The second-order valence-corrected chi connectivity index (χ2v) is 4.53. The van der Waals surface area contributed by atoms with Gasteiger partial charge in [-0.3, -0.25) is 4.79 Å². The van der Waals surface area contributed by atoms with Crippen LogP contribution in [0.3, 0.4) is 0 Å². The van der Waals surface area contributed by atoms with E-state index in [4.69, 9.17) is 28.3 Å². The van der Waals surface area contributed by atoms with Gasteiger partial charge >= 0.3 is 5.97 Å². The molecule has 0 saturated carbocycles. The fourth-order valence-electron chi connectivity index (χ4n) is 1.36. The molecule has 0 saturated heterocycles. The maximum absolute atomic E-state index is 11.6. The minimum Gasteiger partial charge on any atom is -0.467 e. The van der Waals surface area contributed by atoms with E-state index in [1.54, 1.807) is 18.2 Å². The van der Waals surface area contributed by atoms with Crippen molar-refractivity contribution in [2.24, 2.45) is 0 Å². The first-order valence-electron chi connectivity index (χ1n) is 5.61. The van der Waals surface area contributed by atoms with E-state index in [-0.39, 0.29) is 0 Å². The summed E-state index contributed by atoms with van der Waals surface area (Å²) in [5, 5.41) is 12.0. The Morgan fingerprint density at radius 2 is 2.15 bits per heavy atom. The fourth-order valence-corrected chi connectivity index (χ4v) is 1.73. The molecule has 1 aromatic rings. The van der Waals surface area contributed by atoms with Gasteiger partial charge in [0.2, 0.25) is 5.91 Å². The molecule has 0 fully saturated rings. The molecule has 20 heavy (non-hydrogen) atoms. The summed E-state index contributed by atoms with van der Waals surface area (Å²) >= 11 is 11.8. The van der Waals surface area contributed by atoms with Gasteiger partial charge in [-0.15, -0.1) is 0 Å². The molecule has 0 radical (unpaired) electrons. The molecular weight excluding hydrogens is 305 g/mol. The first-order valence-corrected chi connectivity index (χ1v) is 6.36. The standard InChI is InChI=1S/C13H13Cl2NO4/c1-20-13(19)10(7-17)16-11(18)6-5-8-3-2-4-9(14)12(8)15/h2-6,10,17H,7H2,1H3,(H,16,18)/b6-5+/t10-/m0/s1. The van der Waals surface area contributed by atoms with Crippen molar-refractivity contribution in [1.82, 2.24) is 5.32 Å². The van der Waals surface area contributed by atoms with Gasteiger partial charge in [-0.1, -0.05) is 35.3 Å². The Bertz CT molecular complexity index is 531. The van der Waals surface area contributed by atoms with E-state index < -0.39 is 24.5 Å². The van der Waals surface area contributed by atoms with Crippen LogP contribution in [-0.2, 0) is 14.3 Å². The molecule has 0 aliphatic heterocycles. The zero-order valence-corrected chi connectivity index (χ0v) is 12.1. The zero-order valence-electron chi connectivity index (χ0n) is 10.6. The molecule has 0 aliphatic rings. The molecule has 1 rings (SSSR count). The SMILES string of the molecule is COC(=O)[C@H](CO)NC(=O)/C=C/c1cccc(Cl)c1Cl. The topological polar surface area (TPSA) is 75.6 Å². The Morgan fingerprint density at radius 3 is 2.75 bits per heavy atom. The van der Waals surface area contributed by atoms with Crippen LogP contribution in [0.4, 0.5) is 0 Å². The number of aliphatic hydroxyl groups is 1. The van der Waals surface area contributed by atoms with Crippen LogP contribution in [0.1, 0.15) is 5.56 Å². The molecule has 0 unspecified atom stereocenters. The number of hydrogen-bond acceptors (Lipinski definition) is 4. The average Bonchev–Trinajstić information content (AvgIpc) is 2.45. The van der Waals surface area contributed by atoms with Gasteiger partial charge in [0.1, 0.15) is 0 Å². The number of esters is 1. The van der Waals surface area contributed by atoms with E-state index in [9.17, 15) is 9.59 Å². The van der Waals surface area contributed by atoms with Crippen molar-refractivity contribution in [3.05, 3.63) is 39.9 Å². The van der Waals surface area contributed by atoms with E-state index in [1.165, 1.54) is 19.3 Å². The molecule has 7 heteroatoms. The molecule has 5 nitrogen and oxygen atoms in total. The molecule has 1 aromatic carbocycles. The van der Waals surface area contributed by atoms with Crippen molar-refractivity contribution < 1.29 is 19.4 Å². The lowest BCUT2D eigenvalue weighted by atomic mass is 10.2. The number of amides is 1. The highest BCUT2D eigenvalue weighted by molar-refractivity contribution is 6.42. The van der Waals surface area contributed by atoms with Gasteiger partial charge in [0, 0.05) is 6.08 Å². The normalized spacial score (nSPS) is 12.2. The Balaban J connectivity index is 2.72. The van der Waals surface area contributed by atoms with Crippen molar-refractivity contribution in [2.45, 2.75) is 6.04 Å². The fraction of sp³-hybridized carbons (Fsp3) is 0.231. The molecule has 1 amide bonds. The summed E-state index contributed by atoms with van der Waals surface area (Å²) in [7, 11) is 1.17. The number of ether oxygens (including phenoxy) is 1. The van der Waals surface area contributed by atoms with Gasteiger partial charge in [0.15, 0.2) is 6.04 Å². The highest BCUT2D eigenvalue weighted by Crippen LogP contribution is 2.26. The minimum atomic E-state index is -1.10. The van der Waals surface area contributed by atoms with Crippen LogP contribution in [0, 0.1) is 0 Å². The third-order valence-corrected chi connectivity index (χ3v) is 3.21. The summed E-state index contributed by atoms with van der Waals surface area (Å²) < 4.78 is 4.43. The predicted molar refractivity (Wildman–Crippen MR) is 76.5 cm³/mol. The van der Waals surface area contributed by atoms with Crippen LogP contribution >= 0.6 is 23.2 Å². The van der Waals surface area contributed by atoms with Crippen LogP contribution in [0.2, 0.25) is 10.0 Å². The molecule has 0 bridgehead atoms. The number of nitrogens with one attached hydrogen (secondary N) is 1. The highest BCUT2D eigenvalue weighted by Gasteiger charge is 2.19. The first-order chi connectivity index (χ1) is 9.49. The second kappa shape index (κ2) is 7.89. The van der Waals surface area contributed by atoms with Crippen molar-refractivity contribution >= 4 is 41.2 Å². The summed E-state index contributed by atoms with van der Waals surface area (Å²) in [6.45, 7) is -0.551. The molecule has 0 aromatic heterocycles. The summed E-state index contributed by atoms with van der Waals surface area (Å²) in [6, 6.07) is 3.89. The van der Waals surface area contributed by atoms with E-state index in [2.05, 4.69) is 10.1 Å². The van der Waals surface area contributed by atoms with Crippen LogP contribution < -0.4 is 5.32 Å². The first kappa shape index (κ1) is 16.5. The average molecular weight is 318 g/mol. The lowest BCUT2D eigenvalue weighted by molar-refractivity contribution is -0.145. The summed E-state index contributed by atoms with van der Waals surface area (Å²) in [4.78, 5) is 22.8. The van der Waals surface area contributed by atoms with Crippen molar-refractivity contribution in [3.8, 4) is 0 Å². The number of hydrogen-bond donors (Lipinski definition) is 2. The van der Waals surface area contributed by atoms with Gasteiger partial charge in [-0.25, -0.2) is 4.79 Å². The quantitative estimate of drug-likeness (QED) is 0.639. The van der Waals surface area contributed by atoms with Crippen molar-refractivity contribution in [2.75, 3.05) is 13.7 Å². The van der Waals surface area contributed by atoms with Crippen molar-refractivity contribution in [1.29, 1.82) is 0 Å². The third kappa shape index (κ3) is 4.52. The number of rotatable bonds is 5. The number of benzene rings is 1. The molecule has 0 spiro atoms. The van der Waals surface area contributed by atoms with E-state index >= 15 is 0 Å². The van der Waals surface area contributed by atoms with Gasteiger partial charge in [0.05, 0.1) is 23.8 Å². The van der Waals surface area contributed by atoms with Gasteiger partial charge in [-0.05, 0) is 17.7 Å². The Morgan fingerprint density at radius 1 is 1.45 bits per heavy atom. The van der Waals surface area contributed by atoms with Gasteiger partial charge in [0.25, 0.3) is 0 Å². The number of aliphatic hydroxyl groups excluding tert-OH is 1. The number of carbonyl (C=O) groups excluding carboxylic acids is 2. The Hall–Kier alpha value is -1.56. The summed E-state index contributed by atoms with van der Waals surface area (Å²) in [5.41, 5.74) is 0.563. The van der Waals surface area contributed by atoms with E-state index in [0.29, 0.717) is 15.6 Å². The lowest BCUT2D eigenvalue weighted by Crippen LogP contribution is -2.43. The monoisotopic (exact) mass is 317 g/mol. The largest absolute Gasteiger partial charge is 0.467 e. The minimum absolute atomic E-state index is 0.324. The molecule has 108 valence electrons. The Labute approximate surface area is 126 Å². The molecule has 2 N–H and O–H groups in total. The molecule has 0 aliphatic carbocycles. The highest BCUT2D eigenvalue weighted by atomic mass is 35.5. The summed E-state index contributed by atoms with van der Waals surface area (Å²) in [6.07, 6.45) is 2.64. The van der Waals surface area contributed by atoms with Crippen molar-refractivity contribution in [3.63, 3.8) is 0 Å².